The molecule has 2 rings (SSSR count). The summed E-state index contributed by atoms with van der Waals surface area (Å²) in [5.74, 6) is 0.345. The zero-order valence-electron chi connectivity index (χ0n) is 11.9. The second kappa shape index (κ2) is 6.49. The van der Waals surface area contributed by atoms with Crippen LogP contribution in [-0.2, 0) is 0 Å². The Morgan fingerprint density at radius 1 is 1.50 bits per heavy atom. The van der Waals surface area contributed by atoms with Gasteiger partial charge in [0.25, 0.3) is 0 Å². The Morgan fingerprint density at radius 2 is 2.20 bits per heavy atom. The van der Waals surface area contributed by atoms with Crippen LogP contribution >= 0.6 is 0 Å². The van der Waals surface area contributed by atoms with E-state index in [1.165, 1.54) is 6.92 Å². The molecule has 0 atom stereocenters. The summed E-state index contributed by atoms with van der Waals surface area (Å²) in [6.07, 6.45) is 3.99. The van der Waals surface area contributed by atoms with Crippen molar-refractivity contribution in [2.24, 2.45) is 0 Å². The predicted molar refractivity (Wildman–Crippen MR) is 79.8 cm³/mol. The fourth-order valence-electron chi connectivity index (χ4n) is 2.94. The second-order valence-electron chi connectivity index (χ2n) is 5.30. The van der Waals surface area contributed by atoms with Gasteiger partial charge in [0.05, 0.1) is 5.56 Å². The molecule has 0 radical (unpaired) electrons. The molecule has 0 spiro atoms. The van der Waals surface area contributed by atoms with Gasteiger partial charge in [0.15, 0.2) is 5.78 Å². The number of carbonyl (C=O) groups is 1. The van der Waals surface area contributed by atoms with E-state index in [0.29, 0.717) is 17.0 Å². The van der Waals surface area contributed by atoms with Gasteiger partial charge in [-0.3, -0.25) is 9.69 Å². The molecular formula is C17H20N2O. The Kier molecular flexibility index (Phi) is 4.70. The summed E-state index contributed by atoms with van der Waals surface area (Å²) >= 11 is 0. The van der Waals surface area contributed by atoms with Crippen molar-refractivity contribution >= 4 is 5.78 Å². The minimum atomic E-state index is -0.0347. The highest BCUT2D eigenvalue weighted by molar-refractivity contribution is 5.96. The average Bonchev–Trinajstić information content (AvgIpc) is 2.47. The SMILES string of the molecule is C=CCN1CCC(c2cccc(C(C)=O)c2C#N)CC1. The topological polar surface area (TPSA) is 44.1 Å². The van der Waals surface area contributed by atoms with Gasteiger partial charge in [-0.1, -0.05) is 24.3 Å². The lowest BCUT2D eigenvalue weighted by atomic mass is 9.84. The van der Waals surface area contributed by atoms with E-state index in [4.69, 9.17) is 0 Å². The number of rotatable bonds is 4. The molecule has 0 N–H and O–H groups in total. The van der Waals surface area contributed by atoms with Crippen LogP contribution in [0.15, 0.2) is 30.9 Å². The highest BCUT2D eigenvalue weighted by Gasteiger charge is 2.23. The van der Waals surface area contributed by atoms with Crippen LogP contribution in [-0.4, -0.2) is 30.3 Å². The monoisotopic (exact) mass is 268 g/mol. The van der Waals surface area contributed by atoms with Crippen molar-refractivity contribution in [1.29, 1.82) is 5.26 Å². The van der Waals surface area contributed by atoms with Crippen LogP contribution in [0.3, 0.4) is 0 Å². The lowest BCUT2D eigenvalue weighted by Gasteiger charge is -2.31. The minimum absolute atomic E-state index is 0.0347. The number of piperidine rings is 1. The van der Waals surface area contributed by atoms with Crippen LogP contribution in [0.1, 0.15) is 47.2 Å². The van der Waals surface area contributed by atoms with Crippen LogP contribution in [0.25, 0.3) is 0 Å². The van der Waals surface area contributed by atoms with E-state index in [1.54, 1.807) is 6.07 Å². The van der Waals surface area contributed by atoms with E-state index in [0.717, 1.165) is 38.0 Å². The number of Topliss-reactive ketones (excluding diaryl/α,β-unsaturated/α-hetero) is 1. The molecule has 1 fully saturated rings. The third-order valence-electron chi connectivity index (χ3n) is 4.00. The first-order chi connectivity index (χ1) is 9.67. The summed E-state index contributed by atoms with van der Waals surface area (Å²) in [5.41, 5.74) is 2.17. The first-order valence-corrected chi connectivity index (χ1v) is 7.04. The van der Waals surface area contributed by atoms with Gasteiger partial charge in [-0.15, -0.1) is 6.58 Å². The Bertz CT molecular complexity index is 549. The maximum Gasteiger partial charge on any atom is 0.161 e. The number of benzene rings is 1. The molecule has 0 aromatic heterocycles. The largest absolute Gasteiger partial charge is 0.300 e. The molecule has 1 aromatic carbocycles. The smallest absolute Gasteiger partial charge is 0.161 e. The van der Waals surface area contributed by atoms with Crippen molar-refractivity contribution in [3.05, 3.63) is 47.5 Å². The number of nitrogens with zero attached hydrogens (tertiary/aromatic N) is 2. The minimum Gasteiger partial charge on any atom is -0.300 e. The van der Waals surface area contributed by atoms with Crippen LogP contribution < -0.4 is 0 Å². The summed E-state index contributed by atoms with van der Waals surface area (Å²) in [4.78, 5) is 14.0. The lowest BCUT2D eigenvalue weighted by Crippen LogP contribution is -2.33. The van der Waals surface area contributed by atoms with E-state index in [-0.39, 0.29) is 5.78 Å². The van der Waals surface area contributed by atoms with Gasteiger partial charge < -0.3 is 0 Å². The second-order valence-corrected chi connectivity index (χ2v) is 5.30. The quantitative estimate of drug-likeness (QED) is 0.622. The zero-order valence-corrected chi connectivity index (χ0v) is 11.9. The summed E-state index contributed by atoms with van der Waals surface area (Å²) in [7, 11) is 0. The van der Waals surface area contributed by atoms with Gasteiger partial charge >= 0.3 is 0 Å². The van der Waals surface area contributed by atoms with E-state index in [9.17, 15) is 10.1 Å². The van der Waals surface area contributed by atoms with Crippen LogP contribution in [0.4, 0.5) is 0 Å². The summed E-state index contributed by atoms with van der Waals surface area (Å²) in [6.45, 7) is 8.25. The van der Waals surface area contributed by atoms with Gasteiger partial charge in [0.1, 0.15) is 6.07 Å². The molecule has 1 aromatic rings. The molecule has 1 aliphatic rings. The third-order valence-corrected chi connectivity index (χ3v) is 4.00. The van der Waals surface area contributed by atoms with Gasteiger partial charge in [-0.2, -0.15) is 5.26 Å². The van der Waals surface area contributed by atoms with Crippen molar-refractivity contribution in [2.75, 3.05) is 19.6 Å². The van der Waals surface area contributed by atoms with Crippen molar-refractivity contribution in [3.63, 3.8) is 0 Å². The number of likely N-dealkylation sites (tertiary alicyclic amines) is 1. The average molecular weight is 268 g/mol. The molecule has 1 aliphatic heterocycles. The summed E-state index contributed by atoms with van der Waals surface area (Å²) in [5, 5.41) is 9.39. The maximum absolute atomic E-state index is 11.6. The molecule has 0 bridgehead atoms. The number of nitriles is 1. The van der Waals surface area contributed by atoms with Gasteiger partial charge in [0, 0.05) is 12.1 Å². The Balaban J connectivity index is 2.22. The zero-order chi connectivity index (χ0) is 14.5. The molecule has 0 amide bonds. The fraction of sp³-hybridized carbons (Fsp3) is 0.412. The molecule has 1 heterocycles. The molecule has 0 unspecified atom stereocenters. The molecular weight excluding hydrogens is 248 g/mol. The van der Waals surface area contributed by atoms with E-state index in [2.05, 4.69) is 17.5 Å². The normalized spacial score (nSPS) is 16.6. The fourth-order valence-corrected chi connectivity index (χ4v) is 2.94. The van der Waals surface area contributed by atoms with Crippen LogP contribution in [0.5, 0.6) is 0 Å². The van der Waals surface area contributed by atoms with Crippen molar-refractivity contribution in [3.8, 4) is 6.07 Å². The number of carbonyl (C=O) groups excluding carboxylic acids is 1. The summed E-state index contributed by atoms with van der Waals surface area (Å²) in [6, 6.07) is 7.87. The number of ketones is 1. The Morgan fingerprint density at radius 3 is 2.75 bits per heavy atom. The first kappa shape index (κ1) is 14.5. The Hall–Kier alpha value is -1.92. The van der Waals surface area contributed by atoms with Crippen LogP contribution in [0, 0.1) is 11.3 Å². The first-order valence-electron chi connectivity index (χ1n) is 7.04. The predicted octanol–water partition coefficient (Wildman–Crippen LogP) is 3.13. The van der Waals surface area contributed by atoms with Crippen molar-refractivity contribution in [1.82, 2.24) is 4.90 Å². The molecule has 3 heteroatoms. The molecule has 104 valence electrons. The molecule has 1 saturated heterocycles. The summed E-state index contributed by atoms with van der Waals surface area (Å²) < 4.78 is 0. The Labute approximate surface area is 120 Å². The van der Waals surface area contributed by atoms with Gasteiger partial charge in [-0.25, -0.2) is 0 Å². The molecule has 3 nitrogen and oxygen atoms in total. The van der Waals surface area contributed by atoms with Crippen LogP contribution in [0.2, 0.25) is 0 Å². The highest BCUT2D eigenvalue weighted by Crippen LogP contribution is 2.31. The standard InChI is InChI=1S/C17H20N2O/c1-3-9-19-10-7-14(8-11-19)16-6-4-5-15(13(2)20)17(16)12-18/h3-6,14H,1,7-11H2,2H3. The highest BCUT2D eigenvalue weighted by atomic mass is 16.1. The molecule has 0 aliphatic carbocycles. The lowest BCUT2D eigenvalue weighted by molar-refractivity contribution is 0.101. The van der Waals surface area contributed by atoms with E-state index in [1.807, 2.05) is 18.2 Å². The third kappa shape index (κ3) is 2.97. The van der Waals surface area contributed by atoms with Crippen molar-refractivity contribution in [2.45, 2.75) is 25.7 Å². The molecule has 20 heavy (non-hydrogen) atoms. The van der Waals surface area contributed by atoms with Crippen molar-refractivity contribution < 1.29 is 4.79 Å². The van der Waals surface area contributed by atoms with E-state index < -0.39 is 0 Å². The van der Waals surface area contributed by atoms with Gasteiger partial charge in [-0.05, 0) is 44.3 Å². The number of hydrogen-bond acceptors (Lipinski definition) is 3. The van der Waals surface area contributed by atoms with Gasteiger partial charge in [0.2, 0.25) is 0 Å². The van der Waals surface area contributed by atoms with E-state index >= 15 is 0 Å². The number of hydrogen-bond donors (Lipinski definition) is 0. The molecule has 0 saturated carbocycles. The maximum atomic E-state index is 11.6.